The van der Waals surface area contributed by atoms with Crippen LogP contribution in [0.3, 0.4) is 0 Å². The molecular formula is C85H110Cl3F9O2. The Balaban J connectivity index is 0.000000566. The molecular weight excluding hydrogens is 1330 g/mol. The maximum atomic E-state index is 13.1. The lowest BCUT2D eigenvalue weighted by molar-refractivity contribution is -0.138. The van der Waals surface area contributed by atoms with Gasteiger partial charge in [-0.2, -0.15) is 13.2 Å². The minimum atomic E-state index is -4.26. The van der Waals surface area contributed by atoms with Crippen LogP contribution in [0.4, 0.5) is 39.5 Å². The van der Waals surface area contributed by atoms with E-state index < -0.39 is 40.4 Å². The van der Waals surface area contributed by atoms with Crippen molar-refractivity contribution in [3.05, 3.63) is 269 Å². The Morgan fingerprint density at radius 1 is 0.293 bits per heavy atom. The monoisotopic (exact) mass is 1440 g/mol. The van der Waals surface area contributed by atoms with Crippen molar-refractivity contribution < 1.29 is 49.0 Å². The van der Waals surface area contributed by atoms with Crippen LogP contribution in [0.1, 0.15) is 227 Å². The number of rotatable bonds is 2. The number of para-hydroxylation sites is 1. The Morgan fingerprint density at radius 3 is 1.07 bits per heavy atom. The largest absolute Gasteiger partial charge is 0.496 e. The van der Waals surface area contributed by atoms with Gasteiger partial charge in [0.05, 0.1) is 29.8 Å². The van der Waals surface area contributed by atoms with Gasteiger partial charge in [0.15, 0.2) is 11.6 Å². The molecule has 0 aromatic heterocycles. The third kappa shape index (κ3) is 30.8. The molecule has 14 heteroatoms. The smallest absolute Gasteiger partial charge is 0.416 e. The van der Waals surface area contributed by atoms with Gasteiger partial charge in [0, 0.05) is 16.7 Å². The lowest BCUT2D eigenvalue weighted by Gasteiger charge is -2.23. The molecule has 8 aromatic rings. The van der Waals surface area contributed by atoms with Crippen molar-refractivity contribution in [2.75, 3.05) is 14.2 Å². The molecule has 0 saturated carbocycles. The first-order chi connectivity index (χ1) is 44.8. The zero-order valence-electron chi connectivity index (χ0n) is 63.9. The normalized spacial score (nSPS) is 11.8. The molecule has 0 aliphatic rings. The summed E-state index contributed by atoms with van der Waals surface area (Å²) in [6, 6.07) is 43.3. The summed E-state index contributed by atoms with van der Waals surface area (Å²) in [4.78, 5) is 0. The molecule has 8 rings (SSSR count). The van der Waals surface area contributed by atoms with Gasteiger partial charge in [-0.25, -0.2) is 26.3 Å². The lowest BCUT2D eigenvalue weighted by Crippen LogP contribution is -2.19. The molecule has 0 saturated heterocycles. The predicted molar refractivity (Wildman–Crippen MR) is 403 cm³/mol. The first-order valence-electron chi connectivity index (χ1n) is 32.8. The third-order valence-corrected chi connectivity index (χ3v) is 16.4. The van der Waals surface area contributed by atoms with Gasteiger partial charge in [-0.05, 0) is 174 Å². The molecule has 2 nitrogen and oxygen atoms in total. The first-order valence-corrected chi connectivity index (χ1v) is 34.0. The van der Waals surface area contributed by atoms with Crippen LogP contribution in [-0.4, -0.2) is 14.2 Å². The van der Waals surface area contributed by atoms with Crippen LogP contribution in [0.15, 0.2) is 158 Å². The van der Waals surface area contributed by atoms with Crippen molar-refractivity contribution in [2.24, 2.45) is 0 Å². The number of halogens is 12. The molecule has 0 spiro atoms. The topological polar surface area (TPSA) is 18.5 Å². The fourth-order valence-electron chi connectivity index (χ4n) is 9.81. The first kappa shape index (κ1) is 90.6. The molecule has 8 aromatic carbocycles. The second-order valence-electron chi connectivity index (χ2n) is 32.3. The lowest BCUT2D eigenvalue weighted by atomic mass is 9.83. The molecule has 0 atom stereocenters. The number of ether oxygens (including phenoxy) is 2. The summed E-state index contributed by atoms with van der Waals surface area (Å²) >= 11 is 17.9. The Kier molecular flexibility index (Phi) is 34.3. The highest BCUT2D eigenvalue weighted by Crippen LogP contribution is 2.39. The second-order valence-corrected chi connectivity index (χ2v) is 33.5. The van der Waals surface area contributed by atoms with Gasteiger partial charge in [0.2, 0.25) is 0 Å². The average Bonchev–Trinajstić information content (AvgIpc) is 0.826. The van der Waals surface area contributed by atoms with Crippen molar-refractivity contribution >= 4 is 34.8 Å². The number of hydrogen-bond donors (Lipinski definition) is 0. The quantitative estimate of drug-likeness (QED) is 0.161. The van der Waals surface area contributed by atoms with Gasteiger partial charge in [0.1, 0.15) is 34.8 Å². The van der Waals surface area contributed by atoms with Crippen LogP contribution < -0.4 is 9.47 Å². The van der Waals surface area contributed by atoms with E-state index in [-0.39, 0.29) is 49.5 Å². The van der Waals surface area contributed by atoms with Gasteiger partial charge >= 0.3 is 6.18 Å². The van der Waals surface area contributed by atoms with Crippen molar-refractivity contribution in [2.45, 2.75) is 230 Å². The van der Waals surface area contributed by atoms with Crippen LogP contribution in [0.5, 0.6) is 11.5 Å². The van der Waals surface area contributed by atoms with Crippen molar-refractivity contribution in [3.8, 4) is 11.5 Å². The average molecular weight is 1440 g/mol. The van der Waals surface area contributed by atoms with Gasteiger partial charge in [0.25, 0.3) is 0 Å². The Morgan fingerprint density at radius 2 is 0.677 bits per heavy atom. The van der Waals surface area contributed by atoms with E-state index in [1.54, 1.807) is 53.2 Å². The number of alkyl halides is 3. The van der Waals surface area contributed by atoms with Crippen molar-refractivity contribution in [1.29, 1.82) is 0 Å². The van der Waals surface area contributed by atoms with Gasteiger partial charge in [-0.1, -0.05) is 286 Å². The summed E-state index contributed by atoms with van der Waals surface area (Å²) in [7, 11) is 3.39. The third-order valence-electron chi connectivity index (χ3n) is 15.3. The van der Waals surface area contributed by atoms with Crippen LogP contribution in [0.2, 0.25) is 15.1 Å². The van der Waals surface area contributed by atoms with E-state index in [9.17, 15) is 39.5 Å². The van der Waals surface area contributed by atoms with Gasteiger partial charge in [-0.3, -0.25) is 0 Å². The fraction of sp³-hybridized carbons (Fsp3) is 0.435. The molecule has 0 aliphatic carbocycles. The minimum Gasteiger partial charge on any atom is -0.496 e. The maximum absolute atomic E-state index is 13.1. The summed E-state index contributed by atoms with van der Waals surface area (Å²) in [6.45, 7) is 52.6. The van der Waals surface area contributed by atoms with Crippen LogP contribution in [-0.2, 0) is 49.5 Å². The summed E-state index contributed by atoms with van der Waals surface area (Å²) in [5.74, 6) is -1.36. The number of methoxy groups -OCH3 is 2. The van der Waals surface area contributed by atoms with Gasteiger partial charge < -0.3 is 9.47 Å². The molecule has 0 unspecified atom stereocenters. The van der Waals surface area contributed by atoms with E-state index in [4.69, 9.17) is 44.3 Å². The molecule has 0 aliphatic heterocycles. The molecule has 0 radical (unpaired) electrons. The molecule has 0 heterocycles. The van der Waals surface area contributed by atoms with Crippen LogP contribution in [0.25, 0.3) is 0 Å². The Hall–Kier alpha value is -6.40. The van der Waals surface area contributed by atoms with Crippen molar-refractivity contribution in [3.63, 3.8) is 0 Å². The fourth-order valence-corrected chi connectivity index (χ4v) is 10.6. The van der Waals surface area contributed by atoms with Crippen molar-refractivity contribution in [1.82, 2.24) is 0 Å². The standard InChI is InChI=1S/C12H18.C11H15ClO.C11H13F3.C11H16O.C10H12Cl2.3C10H12F2/c1-9-7-6-8-11(10(9)2)12(3,4)5;1-11(2,3)9-7-8(12)5-6-10(9)13-4;1-10(2,3)8-6-4-5-7-9(8)11(12,13)14;1-11(2,3)9-7-5-6-8-10(9)12-4;1-10(2,3)7-5-4-6-8(11)9(7)12;1-10(2,3)8-6-7(11)4-5-9(8)12;1-10(2,3)8-5-4-7(11)6-9(8)12;1-10(2,3)7-5-4-6-8(11)9(7)12/h6-8H,1-5H3;5-7H,1-4H3;4-7H,1-3H3;5-8H,1-4H3;4*4-6H,1-3H3. The van der Waals surface area contributed by atoms with Gasteiger partial charge in [-0.15, -0.1) is 0 Å². The summed E-state index contributed by atoms with van der Waals surface area (Å²) in [6.07, 6.45) is -4.26. The van der Waals surface area contributed by atoms with E-state index in [0.29, 0.717) is 32.3 Å². The Labute approximate surface area is 604 Å². The molecule has 99 heavy (non-hydrogen) atoms. The molecule has 0 amide bonds. The predicted octanol–water partition coefficient (Wildman–Crippen LogP) is 28.3. The van der Waals surface area contributed by atoms with Crippen LogP contribution >= 0.6 is 34.8 Å². The molecule has 0 N–H and O–H groups in total. The zero-order chi connectivity index (χ0) is 77.0. The highest BCUT2D eigenvalue weighted by Gasteiger charge is 2.36. The second kappa shape index (κ2) is 37.5. The van der Waals surface area contributed by atoms with E-state index >= 15 is 0 Å². The van der Waals surface area contributed by atoms with E-state index in [0.717, 1.165) is 58.0 Å². The molecule has 0 bridgehead atoms. The zero-order valence-corrected chi connectivity index (χ0v) is 66.1. The van der Waals surface area contributed by atoms with E-state index in [1.807, 2.05) is 111 Å². The number of benzene rings is 8. The van der Waals surface area contributed by atoms with Crippen LogP contribution in [0, 0.1) is 48.8 Å². The Bertz CT molecular complexity index is 3600. The van der Waals surface area contributed by atoms with E-state index in [1.165, 1.54) is 58.7 Å². The highest BCUT2D eigenvalue weighted by molar-refractivity contribution is 6.42. The summed E-state index contributed by atoms with van der Waals surface area (Å²) in [5.41, 5.74) is 8.10. The maximum Gasteiger partial charge on any atom is 0.416 e. The SMILES string of the molecule is CC(C)(C)c1cc(F)ccc1F.CC(C)(C)c1ccc(F)cc1F.CC(C)(C)c1cccc(Cl)c1Cl.CC(C)(C)c1cccc(F)c1F.CC(C)(C)c1ccccc1C(F)(F)F.COc1ccc(Cl)cc1C(C)(C)C.COc1ccccc1C(C)(C)C.Cc1cccc(C(C)(C)C)c1C. The number of hydrogen-bond acceptors (Lipinski definition) is 2. The summed E-state index contributed by atoms with van der Waals surface area (Å²) in [5, 5.41) is 2.06. The molecule has 0 fully saturated rings. The summed E-state index contributed by atoms with van der Waals surface area (Å²) < 4.78 is 126. The number of aryl methyl sites for hydroxylation is 1. The minimum absolute atomic E-state index is 0.0575. The molecule has 546 valence electrons. The highest BCUT2D eigenvalue weighted by atomic mass is 35.5. The van der Waals surface area contributed by atoms with E-state index in [2.05, 4.69) is 121 Å².